The molecule has 1 aliphatic rings. The number of alkyl halides is 3. The van der Waals surface area contributed by atoms with E-state index in [1.165, 1.54) is 16.5 Å². The topological polar surface area (TPSA) is 70.6 Å². The van der Waals surface area contributed by atoms with Crippen LogP contribution in [0.1, 0.15) is 15.9 Å². The molecule has 6 nitrogen and oxygen atoms in total. The second-order valence-electron chi connectivity index (χ2n) is 6.67. The van der Waals surface area contributed by atoms with Crippen LogP contribution >= 0.6 is 0 Å². The fraction of sp³-hybridized carbons (Fsp3) is 0.368. The molecule has 0 aliphatic carbocycles. The molecule has 1 aromatic heterocycles. The van der Waals surface area contributed by atoms with E-state index in [1.54, 1.807) is 0 Å². The third kappa shape index (κ3) is 4.76. The van der Waals surface area contributed by atoms with Gasteiger partial charge in [-0.2, -0.15) is 13.2 Å². The normalized spacial score (nSPS) is 16.0. The van der Waals surface area contributed by atoms with Crippen LogP contribution in [-0.4, -0.2) is 67.3 Å². The van der Waals surface area contributed by atoms with Gasteiger partial charge in [0.1, 0.15) is 0 Å². The Bertz CT molecular complexity index is 957. The van der Waals surface area contributed by atoms with Crippen LogP contribution in [0.5, 0.6) is 0 Å². The van der Waals surface area contributed by atoms with Crippen LogP contribution in [0.15, 0.2) is 53.7 Å². The second kappa shape index (κ2) is 8.50. The summed E-state index contributed by atoms with van der Waals surface area (Å²) in [7, 11) is -5.71. The third-order valence-electron chi connectivity index (χ3n) is 4.78. The zero-order chi connectivity index (χ0) is 21.1. The summed E-state index contributed by atoms with van der Waals surface area (Å²) in [6, 6.07) is 12.3. The molecular formula is C19H20F3N3O3S. The average molecular weight is 427 g/mol. The van der Waals surface area contributed by atoms with Crippen molar-refractivity contribution in [1.82, 2.24) is 14.8 Å². The van der Waals surface area contributed by atoms with Crippen LogP contribution in [0.2, 0.25) is 0 Å². The molecule has 3 rings (SSSR count). The predicted molar refractivity (Wildman–Crippen MR) is 100.0 cm³/mol. The predicted octanol–water partition coefficient (Wildman–Crippen LogP) is 2.38. The number of amides is 1. The Balaban J connectivity index is 1.66. The Labute approximate surface area is 166 Å². The lowest BCUT2D eigenvalue weighted by atomic mass is 10.1. The van der Waals surface area contributed by atoms with Crippen molar-refractivity contribution in [3.05, 3.63) is 59.8 Å². The van der Waals surface area contributed by atoms with Gasteiger partial charge in [-0.15, -0.1) is 0 Å². The number of halogens is 3. The van der Waals surface area contributed by atoms with E-state index in [4.69, 9.17) is 0 Å². The summed E-state index contributed by atoms with van der Waals surface area (Å²) in [4.78, 5) is 19.6. The zero-order valence-corrected chi connectivity index (χ0v) is 16.3. The van der Waals surface area contributed by atoms with Gasteiger partial charge >= 0.3 is 5.51 Å². The molecule has 0 spiro atoms. The molecule has 2 heterocycles. The molecule has 0 atom stereocenters. The molecule has 1 fully saturated rings. The Morgan fingerprint density at radius 3 is 2.28 bits per heavy atom. The minimum atomic E-state index is -5.71. The first-order valence-electron chi connectivity index (χ1n) is 9.02. The number of sulfone groups is 1. The first-order chi connectivity index (χ1) is 13.7. The monoisotopic (exact) mass is 427 g/mol. The van der Waals surface area contributed by atoms with Gasteiger partial charge in [0, 0.05) is 38.9 Å². The molecule has 0 bridgehead atoms. The zero-order valence-electron chi connectivity index (χ0n) is 15.5. The number of carbonyl (C=O) groups is 1. The average Bonchev–Trinajstić information content (AvgIpc) is 2.72. The Morgan fingerprint density at radius 1 is 1.00 bits per heavy atom. The number of hydrogen-bond acceptors (Lipinski definition) is 5. The van der Waals surface area contributed by atoms with Gasteiger partial charge in [-0.1, -0.05) is 30.3 Å². The first-order valence-corrected chi connectivity index (χ1v) is 10.5. The van der Waals surface area contributed by atoms with E-state index >= 15 is 0 Å². The number of carbonyl (C=O) groups excluding carboxylic acids is 1. The standard InChI is InChI=1S/C19H20F3N3O3S/c20-19(21,22)29(27,28)17-16(7-4-9-23-17)18(26)25-13-11-24(12-14-25)10-8-15-5-2-1-3-6-15/h1-7,9H,8,10-14H2. The molecule has 0 radical (unpaired) electrons. The molecule has 29 heavy (non-hydrogen) atoms. The number of benzene rings is 1. The SMILES string of the molecule is O=C(c1cccnc1S(=O)(=O)C(F)(F)F)N1CCN(CCc2ccccc2)CC1. The van der Waals surface area contributed by atoms with Gasteiger partial charge in [-0.3, -0.25) is 9.69 Å². The highest BCUT2D eigenvalue weighted by Crippen LogP contribution is 2.31. The largest absolute Gasteiger partial charge is 0.503 e. The highest BCUT2D eigenvalue weighted by molar-refractivity contribution is 7.92. The van der Waals surface area contributed by atoms with Crippen molar-refractivity contribution >= 4 is 15.7 Å². The minimum Gasteiger partial charge on any atom is -0.336 e. The summed E-state index contributed by atoms with van der Waals surface area (Å²) >= 11 is 0. The Morgan fingerprint density at radius 2 is 1.66 bits per heavy atom. The Kier molecular flexibility index (Phi) is 6.23. The molecule has 1 aromatic carbocycles. The summed E-state index contributed by atoms with van der Waals surface area (Å²) < 4.78 is 62.3. The van der Waals surface area contributed by atoms with Crippen LogP contribution < -0.4 is 0 Å². The summed E-state index contributed by atoms with van der Waals surface area (Å²) in [5.41, 5.74) is -4.88. The van der Waals surface area contributed by atoms with Crippen molar-refractivity contribution < 1.29 is 26.4 Å². The molecule has 156 valence electrons. The van der Waals surface area contributed by atoms with Gasteiger partial charge in [-0.05, 0) is 24.1 Å². The number of aromatic nitrogens is 1. The second-order valence-corrected chi connectivity index (χ2v) is 8.53. The van der Waals surface area contributed by atoms with Crippen molar-refractivity contribution in [3.63, 3.8) is 0 Å². The number of piperazine rings is 1. The van der Waals surface area contributed by atoms with Crippen LogP contribution in [0.3, 0.4) is 0 Å². The minimum absolute atomic E-state index is 0.300. The molecule has 10 heteroatoms. The van der Waals surface area contributed by atoms with Gasteiger partial charge in [0.15, 0.2) is 5.03 Å². The molecule has 1 saturated heterocycles. The van der Waals surface area contributed by atoms with Crippen molar-refractivity contribution in [3.8, 4) is 0 Å². The fourth-order valence-electron chi connectivity index (χ4n) is 3.15. The summed E-state index contributed by atoms with van der Waals surface area (Å²) in [5, 5.41) is -1.25. The number of nitrogens with zero attached hydrogens (tertiary/aromatic N) is 3. The van der Waals surface area contributed by atoms with Gasteiger partial charge in [0.25, 0.3) is 15.7 Å². The molecule has 1 aliphatic heterocycles. The number of hydrogen-bond donors (Lipinski definition) is 0. The highest BCUT2D eigenvalue weighted by atomic mass is 32.2. The lowest BCUT2D eigenvalue weighted by Crippen LogP contribution is -2.49. The quantitative estimate of drug-likeness (QED) is 0.733. The van der Waals surface area contributed by atoms with Crippen molar-refractivity contribution in [2.24, 2.45) is 0 Å². The lowest BCUT2D eigenvalue weighted by molar-refractivity contribution is -0.0438. The van der Waals surface area contributed by atoms with E-state index in [1.807, 2.05) is 30.3 Å². The molecule has 0 saturated carbocycles. The van der Waals surface area contributed by atoms with Crippen LogP contribution in [-0.2, 0) is 16.3 Å². The highest BCUT2D eigenvalue weighted by Gasteiger charge is 2.49. The molecule has 1 amide bonds. The summed E-state index contributed by atoms with van der Waals surface area (Å²) in [6.07, 6.45) is 1.78. The van der Waals surface area contributed by atoms with E-state index in [0.29, 0.717) is 26.2 Å². The number of pyridine rings is 1. The first kappa shape index (κ1) is 21.3. The smallest absolute Gasteiger partial charge is 0.336 e. The van der Waals surface area contributed by atoms with Crippen molar-refractivity contribution in [2.75, 3.05) is 32.7 Å². The fourth-order valence-corrected chi connectivity index (χ4v) is 4.02. The van der Waals surface area contributed by atoms with Crippen LogP contribution in [0, 0.1) is 0 Å². The van der Waals surface area contributed by atoms with Gasteiger partial charge in [-0.25, -0.2) is 13.4 Å². The lowest BCUT2D eigenvalue weighted by Gasteiger charge is -2.35. The maximum atomic E-state index is 12.9. The van der Waals surface area contributed by atoms with Gasteiger partial charge in [0.05, 0.1) is 5.56 Å². The third-order valence-corrected chi connectivity index (χ3v) is 6.22. The maximum absolute atomic E-state index is 12.9. The van der Waals surface area contributed by atoms with Crippen molar-refractivity contribution in [1.29, 1.82) is 0 Å². The molecule has 0 unspecified atom stereocenters. The van der Waals surface area contributed by atoms with E-state index in [9.17, 15) is 26.4 Å². The van der Waals surface area contributed by atoms with Crippen LogP contribution in [0.4, 0.5) is 13.2 Å². The van der Waals surface area contributed by atoms with Crippen LogP contribution in [0.25, 0.3) is 0 Å². The van der Waals surface area contributed by atoms with Gasteiger partial charge < -0.3 is 4.90 Å². The molecule has 2 aromatic rings. The van der Waals surface area contributed by atoms with Gasteiger partial charge in [0.2, 0.25) is 0 Å². The molecule has 0 N–H and O–H groups in total. The van der Waals surface area contributed by atoms with E-state index < -0.39 is 31.8 Å². The Hall–Kier alpha value is -2.46. The van der Waals surface area contributed by atoms with E-state index in [0.717, 1.165) is 25.2 Å². The summed E-state index contributed by atoms with van der Waals surface area (Å²) in [6.45, 7) is 2.51. The maximum Gasteiger partial charge on any atom is 0.503 e. The van der Waals surface area contributed by atoms with Crippen molar-refractivity contribution in [2.45, 2.75) is 17.0 Å². The summed E-state index contributed by atoms with van der Waals surface area (Å²) in [5.74, 6) is -0.761. The number of rotatable bonds is 5. The van der Waals surface area contributed by atoms with E-state index in [2.05, 4.69) is 9.88 Å². The molecular weight excluding hydrogens is 407 g/mol. The van der Waals surface area contributed by atoms with E-state index in [-0.39, 0.29) is 0 Å².